The van der Waals surface area contributed by atoms with Crippen molar-refractivity contribution in [2.75, 3.05) is 0 Å². The van der Waals surface area contributed by atoms with Crippen LogP contribution in [0.15, 0.2) is 53.7 Å². The van der Waals surface area contributed by atoms with E-state index < -0.39 is 12.2 Å². The van der Waals surface area contributed by atoms with Crippen molar-refractivity contribution in [2.45, 2.75) is 17.1 Å². The monoisotopic (exact) mass is 392 g/mol. The molecule has 0 spiro atoms. The summed E-state index contributed by atoms with van der Waals surface area (Å²) in [4.78, 5) is 4.84. The summed E-state index contributed by atoms with van der Waals surface area (Å²) >= 11 is 2.23. The number of fused-ring (bicyclic) bond motifs is 1. The summed E-state index contributed by atoms with van der Waals surface area (Å²) in [6.07, 6.45) is 0.401. The van der Waals surface area contributed by atoms with Crippen molar-refractivity contribution in [2.24, 2.45) is 0 Å². The largest absolute Gasteiger partial charge is 0.294 e. The fourth-order valence-electron chi connectivity index (χ4n) is 2.42. The fourth-order valence-corrected chi connectivity index (χ4v) is 4.01. The summed E-state index contributed by atoms with van der Waals surface area (Å²) in [5.74, 6) is 0.551. The highest BCUT2D eigenvalue weighted by atomic mass is 32.2. The van der Waals surface area contributed by atoms with Gasteiger partial charge in [0.25, 0.3) is 6.43 Å². The van der Waals surface area contributed by atoms with E-state index >= 15 is 0 Å². The van der Waals surface area contributed by atoms with Crippen molar-refractivity contribution in [1.29, 1.82) is 0 Å². The van der Waals surface area contributed by atoms with Gasteiger partial charge in [-0.1, -0.05) is 41.7 Å². The number of hydrogen-bond acceptors (Lipinski definition) is 5. The van der Waals surface area contributed by atoms with Gasteiger partial charge in [0.1, 0.15) is 11.3 Å². The summed E-state index contributed by atoms with van der Waals surface area (Å²) in [6.45, 7) is 0. The van der Waals surface area contributed by atoms with Crippen LogP contribution in [0.5, 0.6) is 0 Å². The van der Waals surface area contributed by atoms with Gasteiger partial charge in [-0.2, -0.15) is 0 Å². The van der Waals surface area contributed by atoms with Crippen LogP contribution in [0.4, 0.5) is 13.2 Å². The lowest BCUT2D eigenvalue weighted by atomic mass is 10.2. The maximum Gasteiger partial charge on any atom is 0.291 e. The summed E-state index contributed by atoms with van der Waals surface area (Å²) in [6, 6.07) is 11.3. The van der Waals surface area contributed by atoms with E-state index in [9.17, 15) is 13.2 Å². The van der Waals surface area contributed by atoms with Crippen LogP contribution < -0.4 is 0 Å². The van der Waals surface area contributed by atoms with E-state index in [1.165, 1.54) is 28.4 Å². The first-order chi connectivity index (χ1) is 12.6. The Morgan fingerprint density at radius 2 is 1.96 bits per heavy atom. The Morgan fingerprint density at radius 1 is 1.15 bits per heavy atom. The lowest BCUT2D eigenvalue weighted by Crippen LogP contribution is -1.93. The first kappa shape index (κ1) is 17.0. The highest BCUT2D eigenvalue weighted by molar-refractivity contribution is 7.98. The van der Waals surface area contributed by atoms with Crippen molar-refractivity contribution >= 4 is 28.6 Å². The minimum atomic E-state index is -2.69. The molecule has 0 aliphatic rings. The molecule has 132 valence electrons. The second-order valence-corrected chi connectivity index (χ2v) is 7.44. The van der Waals surface area contributed by atoms with Crippen LogP contribution in [-0.2, 0) is 5.75 Å². The molecule has 0 saturated carbocycles. The summed E-state index contributed by atoms with van der Waals surface area (Å²) in [5.41, 5.74) is 1.38. The zero-order valence-corrected chi connectivity index (χ0v) is 14.8. The molecule has 26 heavy (non-hydrogen) atoms. The van der Waals surface area contributed by atoms with Gasteiger partial charge in [-0.25, -0.2) is 18.2 Å². The first-order valence-electron chi connectivity index (χ1n) is 7.57. The quantitative estimate of drug-likeness (QED) is 0.437. The predicted octanol–water partition coefficient (Wildman–Crippen LogP) is 5.22. The zero-order chi connectivity index (χ0) is 18.1. The molecule has 3 aromatic heterocycles. The SMILES string of the molecule is Fc1cc(SCc2ccccc2)cn2c(-c3nnc(C(F)F)s3)ncc12. The van der Waals surface area contributed by atoms with Gasteiger partial charge in [0.15, 0.2) is 15.8 Å². The smallest absolute Gasteiger partial charge is 0.291 e. The molecule has 0 N–H and O–H groups in total. The van der Waals surface area contributed by atoms with E-state index in [1.54, 1.807) is 6.20 Å². The Hall–Kier alpha value is -2.39. The van der Waals surface area contributed by atoms with Gasteiger partial charge in [0, 0.05) is 16.8 Å². The van der Waals surface area contributed by atoms with Gasteiger partial charge < -0.3 is 0 Å². The summed E-state index contributed by atoms with van der Waals surface area (Å²) in [7, 11) is 0. The number of aromatic nitrogens is 4. The highest BCUT2D eigenvalue weighted by Crippen LogP contribution is 2.31. The Balaban J connectivity index is 1.68. The predicted molar refractivity (Wildman–Crippen MR) is 95.0 cm³/mol. The molecule has 0 amide bonds. The van der Waals surface area contributed by atoms with E-state index in [0.717, 1.165) is 16.9 Å². The van der Waals surface area contributed by atoms with Crippen LogP contribution in [0.1, 0.15) is 17.0 Å². The highest BCUT2D eigenvalue weighted by Gasteiger charge is 2.19. The van der Waals surface area contributed by atoms with Crippen molar-refractivity contribution in [3.63, 3.8) is 0 Å². The number of imidazole rings is 1. The van der Waals surface area contributed by atoms with Gasteiger partial charge in [0.05, 0.1) is 6.20 Å². The van der Waals surface area contributed by atoms with Gasteiger partial charge in [-0.3, -0.25) is 4.40 Å². The van der Waals surface area contributed by atoms with Crippen LogP contribution in [0, 0.1) is 5.82 Å². The van der Waals surface area contributed by atoms with E-state index in [2.05, 4.69) is 15.2 Å². The Kier molecular flexibility index (Phi) is 4.64. The molecule has 1 aromatic carbocycles. The normalized spacial score (nSPS) is 11.5. The second kappa shape index (κ2) is 7.08. The topological polar surface area (TPSA) is 43.1 Å². The molecule has 4 rings (SSSR count). The zero-order valence-electron chi connectivity index (χ0n) is 13.1. The third-order valence-electron chi connectivity index (χ3n) is 3.63. The number of hydrogen-bond donors (Lipinski definition) is 0. The summed E-state index contributed by atoms with van der Waals surface area (Å²) in [5, 5.41) is 7.07. The van der Waals surface area contributed by atoms with E-state index in [4.69, 9.17) is 0 Å². The van der Waals surface area contributed by atoms with Crippen molar-refractivity contribution in [1.82, 2.24) is 19.6 Å². The van der Waals surface area contributed by atoms with Crippen LogP contribution in [0.25, 0.3) is 16.3 Å². The molecular weight excluding hydrogens is 381 g/mol. The number of halogens is 3. The Morgan fingerprint density at radius 3 is 2.69 bits per heavy atom. The molecule has 0 radical (unpaired) electrons. The van der Waals surface area contributed by atoms with E-state index in [1.807, 2.05) is 30.3 Å². The molecule has 4 aromatic rings. The minimum absolute atomic E-state index is 0.227. The molecule has 0 unspecified atom stereocenters. The molecule has 9 heteroatoms. The van der Waals surface area contributed by atoms with E-state index in [0.29, 0.717) is 16.5 Å². The van der Waals surface area contributed by atoms with Gasteiger partial charge in [-0.15, -0.1) is 22.0 Å². The van der Waals surface area contributed by atoms with Crippen LogP contribution in [-0.4, -0.2) is 19.6 Å². The molecule has 0 aliphatic heterocycles. The summed E-state index contributed by atoms with van der Waals surface area (Å²) < 4.78 is 41.4. The number of thioether (sulfide) groups is 1. The first-order valence-corrected chi connectivity index (χ1v) is 9.37. The van der Waals surface area contributed by atoms with Crippen LogP contribution in [0.3, 0.4) is 0 Å². The lowest BCUT2D eigenvalue weighted by molar-refractivity contribution is 0.150. The molecular formula is C17H11F3N4S2. The molecule has 0 atom stereocenters. The number of pyridine rings is 1. The average molecular weight is 392 g/mol. The van der Waals surface area contributed by atoms with Gasteiger partial charge >= 0.3 is 0 Å². The van der Waals surface area contributed by atoms with Crippen molar-refractivity contribution in [3.8, 4) is 10.8 Å². The minimum Gasteiger partial charge on any atom is -0.294 e. The molecule has 4 nitrogen and oxygen atoms in total. The Bertz CT molecular complexity index is 1050. The van der Waals surface area contributed by atoms with Gasteiger partial charge in [-0.05, 0) is 11.6 Å². The van der Waals surface area contributed by atoms with E-state index in [-0.39, 0.29) is 15.5 Å². The number of alkyl halides is 2. The van der Waals surface area contributed by atoms with Crippen LogP contribution >= 0.6 is 23.1 Å². The van der Waals surface area contributed by atoms with Crippen molar-refractivity contribution in [3.05, 3.63) is 65.2 Å². The Labute approximate surface area is 154 Å². The molecule has 3 heterocycles. The average Bonchev–Trinajstić information content (AvgIpc) is 3.28. The fraction of sp³-hybridized carbons (Fsp3) is 0.118. The second-order valence-electron chi connectivity index (χ2n) is 5.38. The third kappa shape index (κ3) is 3.32. The third-order valence-corrected chi connectivity index (χ3v) is 5.59. The number of benzene rings is 1. The number of rotatable bonds is 5. The number of nitrogens with zero attached hydrogens (tertiary/aromatic N) is 4. The maximum absolute atomic E-state index is 14.4. The van der Waals surface area contributed by atoms with Crippen molar-refractivity contribution < 1.29 is 13.2 Å². The maximum atomic E-state index is 14.4. The molecule has 0 aliphatic carbocycles. The molecule has 0 bridgehead atoms. The lowest BCUT2D eigenvalue weighted by Gasteiger charge is -2.05. The molecule has 0 saturated heterocycles. The van der Waals surface area contributed by atoms with Gasteiger partial charge in [0.2, 0.25) is 0 Å². The molecule has 0 fully saturated rings. The van der Waals surface area contributed by atoms with Crippen LogP contribution in [0.2, 0.25) is 0 Å². The standard InChI is InChI=1S/C17H11F3N4S2/c18-12-6-11(25-9-10-4-2-1-3-5-10)8-24-13(12)7-21-15(24)17-23-22-16(26-17)14(19)20/h1-8,14H,9H2.